The molecule has 0 heteroatoms. The minimum atomic E-state index is 1.36. The van der Waals surface area contributed by atoms with E-state index in [0.717, 1.165) is 0 Å². The third-order valence-corrected chi connectivity index (χ3v) is 3.19. The van der Waals surface area contributed by atoms with Gasteiger partial charge in [-0.1, -0.05) is 58.3 Å². The van der Waals surface area contributed by atoms with Gasteiger partial charge in [0.2, 0.25) is 0 Å². The van der Waals surface area contributed by atoms with Crippen molar-refractivity contribution in [2.24, 2.45) is 0 Å². The fourth-order valence-electron chi connectivity index (χ4n) is 2.26. The van der Waals surface area contributed by atoms with Crippen LogP contribution in [-0.4, -0.2) is 0 Å². The first-order chi connectivity index (χ1) is 6.43. The molecule has 0 saturated heterocycles. The van der Waals surface area contributed by atoms with Crippen LogP contribution >= 0.6 is 0 Å². The van der Waals surface area contributed by atoms with Crippen molar-refractivity contribution in [3.05, 3.63) is 5.92 Å². The van der Waals surface area contributed by atoms with Gasteiger partial charge in [-0.2, -0.15) is 0 Å². The largest absolute Gasteiger partial charge is 0.0654 e. The molecule has 0 aromatic carbocycles. The second-order valence-corrected chi connectivity index (χ2v) is 4.47. The van der Waals surface area contributed by atoms with E-state index in [9.17, 15) is 0 Å². The number of unbranched alkanes of at least 4 members (excludes halogenated alkanes) is 1. The molecule has 0 N–H and O–H groups in total. The number of hydrogen-bond donors (Lipinski definition) is 0. The quantitative estimate of drug-likeness (QED) is 0.582. The van der Waals surface area contributed by atoms with Crippen LogP contribution < -0.4 is 0 Å². The van der Waals surface area contributed by atoms with E-state index in [4.69, 9.17) is 0 Å². The summed E-state index contributed by atoms with van der Waals surface area (Å²) in [5.41, 5.74) is 0. The lowest BCUT2D eigenvalue weighted by Gasteiger charge is -2.14. The summed E-state index contributed by atoms with van der Waals surface area (Å²) in [5, 5.41) is 0. The maximum atomic E-state index is 2.30. The van der Waals surface area contributed by atoms with E-state index in [1.807, 2.05) is 5.92 Å². The predicted octanol–water partition coefficient (Wildman–Crippen LogP) is 4.89. The summed E-state index contributed by atoms with van der Waals surface area (Å²) in [6, 6.07) is 0. The second kappa shape index (κ2) is 7.41. The Balaban J connectivity index is 2.16. The van der Waals surface area contributed by atoms with Crippen molar-refractivity contribution in [2.75, 3.05) is 0 Å². The van der Waals surface area contributed by atoms with Gasteiger partial charge >= 0.3 is 0 Å². The predicted molar refractivity (Wildman–Crippen MR) is 59.7 cm³/mol. The molecule has 1 rings (SSSR count). The van der Waals surface area contributed by atoms with Crippen LogP contribution in [0.4, 0.5) is 0 Å². The third-order valence-electron chi connectivity index (χ3n) is 3.19. The summed E-state index contributed by atoms with van der Waals surface area (Å²) in [5.74, 6) is 1.88. The summed E-state index contributed by atoms with van der Waals surface area (Å²) in [4.78, 5) is 0. The second-order valence-electron chi connectivity index (χ2n) is 4.47. The van der Waals surface area contributed by atoms with E-state index >= 15 is 0 Å². The van der Waals surface area contributed by atoms with Crippen LogP contribution in [0.15, 0.2) is 0 Å². The molecule has 0 aliphatic heterocycles. The topological polar surface area (TPSA) is 0 Å². The summed E-state index contributed by atoms with van der Waals surface area (Å²) < 4.78 is 0. The Bertz CT molecular complexity index is 96.6. The molecular formula is C13H25. The molecule has 1 radical (unpaired) electrons. The smallest absolute Gasteiger partial charge is 0.0241 e. The van der Waals surface area contributed by atoms with Gasteiger partial charge in [-0.3, -0.25) is 0 Å². The highest BCUT2D eigenvalue weighted by molar-refractivity contribution is 4.89. The Labute approximate surface area is 84.1 Å². The Hall–Kier alpha value is 0. The van der Waals surface area contributed by atoms with Crippen molar-refractivity contribution in [1.29, 1.82) is 0 Å². The molecule has 0 bridgehead atoms. The number of rotatable bonds is 3. The molecule has 0 heterocycles. The molecule has 1 saturated carbocycles. The molecular weight excluding hydrogens is 156 g/mol. The first-order valence-electron chi connectivity index (χ1n) is 6.27. The van der Waals surface area contributed by atoms with Gasteiger partial charge in [-0.15, -0.1) is 0 Å². The molecule has 1 fully saturated rings. The van der Waals surface area contributed by atoms with Crippen LogP contribution in [-0.2, 0) is 0 Å². The van der Waals surface area contributed by atoms with Crippen LogP contribution in [0.3, 0.4) is 0 Å². The Morgan fingerprint density at radius 1 is 0.846 bits per heavy atom. The van der Waals surface area contributed by atoms with Crippen LogP contribution in [0.25, 0.3) is 0 Å². The summed E-state index contributed by atoms with van der Waals surface area (Å²) in [6.07, 6.45) is 16.0. The highest BCUT2D eigenvalue weighted by Crippen LogP contribution is 2.27. The normalized spacial score (nSPS) is 21.9. The van der Waals surface area contributed by atoms with E-state index in [2.05, 4.69) is 6.92 Å². The van der Waals surface area contributed by atoms with E-state index in [-0.39, 0.29) is 0 Å². The molecule has 0 spiro atoms. The molecule has 1 aliphatic carbocycles. The van der Waals surface area contributed by atoms with Gasteiger partial charge in [-0.25, -0.2) is 0 Å². The molecule has 0 aromatic rings. The lowest BCUT2D eigenvalue weighted by atomic mass is 9.92. The van der Waals surface area contributed by atoms with E-state index in [1.54, 1.807) is 0 Å². The average molecular weight is 181 g/mol. The average Bonchev–Trinajstić information content (AvgIpc) is 2.28. The lowest BCUT2D eigenvalue weighted by molar-refractivity contribution is 0.583. The Kier molecular flexibility index (Phi) is 6.31. The summed E-state index contributed by atoms with van der Waals surface area (Å²) >= 11 is 0. The van der Waals surface area contributed by atoms with Crippen molar-refractivity contribution in [2.45, 2.75) is 77.6 Å². The van der Waals surface area contributed by atoms with Gasteiger partial charge in [0.1, 0.15) is 0 Å². The Morgan fingerprint density at radius 3 is 1.92 bits per heavy atom. The highest BCUT2D eigenvalue weighted by atomic mass is 14.1. The summed E-state index contributed by atoms with van der Waals surface area (Å²) in [7, 11) is 0. The minimum absolute atomic E-state index is 1.36. The van der Waals surface area contributed by atoms with E-state index in [1.165, 1.54) is 70.6 Å². The number of hydrogen-bond acceptors (Lipinski definition) is 0. The molecule has 0 nitrogen and oxygen atoms in total. The van der Waals surface area contributed by atoms with Gasteiger partial charge in [-0.05, 0) is 25.2 Å². The van der Waals surface area contributed by atoms with Crippen molar-refractivity contribution < 1.29 is 0 Å². The van der Waals surface area contributed by atoms with Crippen molar-refractivity contribution in [3.8, 4) is 0 Å². The van der Waals surface area contributed by atoms with Gasteiger partial charge < -0.3 is 0 Å². The lowest BCUT2D eigenvalue weighted by Crippen LogP contribution is -1.97. The fraction of sp³-hybridized carbons (Fsp3) is 0.923. The minimum Gasteiger partial charge on any atom is -0.0654 e. The molecule has 77 valence electrons. The zero-order valence-corrected chi connectivity index (χ0v) is 9.28. The molecule has 0 unspecified atom stereocenters. The Morgan fingerprint density at radius 2 is 1.38 bits per heavy atom. The fourth-order valence-corrected chi connectivity index (χ4v) is 2.26. The molecule has 0 aromatic heterocycles. The zero-order chi connectivity index (χ0) is 9.36. The van der Waals surface area contributed by atoms with Gasteiger partial charge in [0, 0.05) is 0 Å². The third kappa shape index (κ3) is 5.33. The molecule has 1 aliphatic rings. The van der Waals surface area contributed by atoms with Crippen LogP contribution in [0.2, 0.25) is 0 Å². The maximum absolute atomic E-state index is 2.30. The van der Waals surface area contributed by atoms with E-state index in [0.29, 0.717) is 0 Å². The molecule has 0 atom stereocenters. The molecule has 0 amide bonds. The summed E-state index contributed by atoms with van der Waals surface area (Å²) in [6.45, 7) is 2.30. The van der Waals surface area contributed by atoms with Crippen molar-refractivity contribution in [3.63, 3.8) is 0 Å². The SMILES string of the molecule is CCCC[C]1CCCCCCCC1. The highest BCUT2D eigenvalue weighted by Gasteiger charge is 2.09. The van der Waals surface area contributed by atoms with Crippen LogP contribution in [0, 0.1) is 5.92 Å². The maximum Gasteiger partial charge on any atom is -0.0241 e. The molecule has 13 heavy (non-hydrogen) atoms. The van der Waals surface area contributed by atoms with E-state index < -0.39 is 0 Å². The standard InChI is InChI=1S/C13H25/c1-2-3-10-13-11-8-6-4-5-7-9-12-13/h2-12H2,1H3. The van der Waals surface area contributed by atoms with Gasteiger partial charge in [0.25, 0.3) is 0 Å². The first kappa shape index (κ1) is 11.1. The first-order valence-corrected chi connectivity index (χ1v) is 6.27. The zero-order valence-electron chi connectivity index (χ0n) is 9.28. The van der Waals surface area contributed by atoms with Gasteiger partial charge in [0.05, 0.1) is 0 Å². The monoisotopic (exact) mass is 181 g/mol. The van der Waals surface area contributed by atoms with Crippen LogP contribution in [0.5, 0.6) is 0 Å². The van der Waals surface area contributed by atoms with Gasteiger partial charge in [0.15, 0.2) is 0 Å². The van der Waals surface area contributed by atoms with Crippen molar-refractivity contribution in [1.82, 2.24) is 0 Å². The van der Waals surface area contributed by atoms with Crippen LogP contribution in [0.1, 0.15) is 77.6 Å². The van der Waals surface area contributed by atoms with Crippen molar-refractivity contribution >= 4 is 0 Å².